The smallest absolute Gasteiger partial charge is 0.135 e. The lowest BCUT2D eigenvalue weighted by molar-refractivity contribution is 0.147. The van der Waals surface area contributed by atoms with Crippen LogP contribution in [0.2, 0.25) is 0 Å². The Balaban J connectivity index is 2.56. The number of rotatable bonds is 8. The minimum Gasteiger partial charge on any atom is -0.382 e. The van der Waals surface area contributed by atoms with Gasteiger partial charge in [-0.1, -0.05) is 13.8 Å². The molecule has 0 unspecified atom stereocenters. The van der Waals surface area contributed by atoms with Gasteiger partial charge in [-0.15, -0.1) is 0 Å². The Labute approximate surface area is 109 Å². The van der Waals surface area contributed by atoms with Crippen molar-refractivity contribution in [3.63, 3.8) is 0 Å². The van der Waals surface area contributed by atoms with Gasteiger partial charge in [0.05, 0.1) is 0 Å². The topological polar surface area (TPSA) is 59.1 Å². The predicted molar refractivity (Wildman–Crippen MR) is 75.3 cm³/mol. The Morgan fingerprint density at radius 2 is 2.00 bits per heavy atom. The molecule has 5 nitrogen and oxygen atoms in total. The highest BCUT2D eigenvalue weighted by Gasteiger charge is 2.06. The van der Waals surface area contributed by atoms with E-state index in [0.717, 1.165) is 43.6 Å². The number of nitrogens with zero attached hydrogens (tertiary/aromatic N) is 2. The van der Waals surface area contributed by atoms with E-state index in [-0.39, 0.29) is 0 Å². The van der Waals surface area contributed by atoms with E-state index in [1.165, 1.54) is 0 Å². The minimum absolute atomic E-state index is 0.322. The molecule has 5 heteroatoms. The van der Waals surface area contributed by atoms with Crippen LogP contribution in [0.4, 0.5) is 11.6 Å². The van der Waals surface area contributed by atoms with Crippen LogP contribution in [0.5, 0.6) is 0 Å². The van der Waals surface area contributed by atoms with E-state index in [0.29, 0.717) is 5.92 Å². The van der Waals surface area contributed by atoms with Crippen molar-refractivity contribution in [1.82, 2.24) is 9.97 Å². The Morgan fingerprint density at radius 3 is 2.61 bits per heavy atom. The standard InChI is InChI=1S/C13H24N4O/c1-5-18-8-6-7-15-12-9-11(14-4)16-13(17-12)10(2)3/h9-10H,5-8H2,1-4H3,(H2,14,15,16,17). The second kappa shape index (κ2) is 7.87. The number of aromatic nitrogens is 2. The van der Waals surface area contributed by atoms with Gasteiger partial charge in [-0.3, -0.25) is 0 Å². The van der Waals surface area contributed by atoms with Gasteiger partial charge in [-0.25, -0.2) is 9.97 Å². The van der Waals surface area contributed by atoms with Gasteiger partial charge < -0.3 is 15.4 Å². The zero-order chi connectivity index (χ0) is 13.4. The van der Waals surface area contributed by atoms with Gasteiger partial charge in [-0.2, -0.15) is 0 Å². The number of hydrogen-bond donors (Lipinski definition) is 2. The number of hydrogen-bond acceptors (Lipinski definition) is 5. The summed E-state index contributed by atoms with van der Waals surface area (Å²) in [5, 5.41) is 6.36. The summed E-state index contributed by atoms with van der Waals surface area (Å²) in [6, 6.07) is 1.92. The molecular weight excluding hydrogens is 228 g/mol. The highest BCUT2D eigenvalue weighted by molar-refractivity contribution is 5.47. The molecule has 0 aliphatic carbocycles. The molecule has 1 heterocycles. The van der Waals surface area contributed by atoms with Gasteiger partial charge in [-0.05, 0) is 13.3 Å². The van der Waals surface area contributed by atoms with E-state index in [9.17, 15) is 0 Å². The summed E-state index contributed by atoms with van der Waals surface area (Å²) in [6.45, 7) is 8.60. The van der Waals surface area contributed by atoms with Crippen molar-refractivity contribution >= 4 is 11.6 Å². The third-order valence-electron chi connectivity index (χ3n) is 2.49. The molecule has 1 aromatic heterocycles. The lowest BCUT2D eigenvalue weighted by Crippen LogP contribution is -2.10. The first-order valence-electron chi connectivity index (χ1n) is 6.55. The lowest BCUT2D eigenvalue weighted by Gasteiger charge is -2.11. The number of ether oxygens (including phenoxy) is 1. The molecule has 0 radical (unpaired) electrons. The number of nitrogens with one attached hydrogen (secondary N) is 2. The zero-order valence-electron chi connectivity index (χ0n) is 11.8. The Morgan fingerprint density at radius 1 is 1.28 bits per heavy atom. The van der Waals surface area contributed by atoms with Gasteiger partial charge in [0, 0.05) is 38.8 Å². The monoisotopic (exact) mass is 252 g/mol. The molecular formula is C13H24N4O. The maximum atomic E-state index is 5.29. The molecule has 0 saturated heterocycles. The van der Waals surface area contributed by atoms with Crippen LogP contribution in [-0.2, 0) is 4.74 Å². The summed E-state index contributed by atoms with van der Waals surface area (Å²) in [6.07, 6.45) is 0.976. The van der Waals surface area contributed by atoms with Crippen LogP contribution in [-0.4, -0.2) is 36.8 Å². The van der Waals surface area contributed by atoms with Gasteiger partial charge in [0.1, 0.15) is 17.5 Å². The molecule has 2 N–H and O–H groups in total. The molecule has 0 aromatic carbocycles. The van der Waals surface area contributed by atoms with E-state index >= 15 is 0 Å². The van der Waals surface area contributed by atoms with Gasteiger partial charge in [0.25, 0.3) is 0 Å². The molecule has 0 fully saturated rings. The fourth-order valence-electron chi connectivity index (χ4n) is 1.48. The summed E-state index contributed by atoms with van der Waals surface area (Å²) in [5.41, 5.74) is 0. The van der Waals surface area contributed by atoms with Crippen LogP contribution < -0.4 is 10.6 Å². The summed E-state index contributed by atoms with van der Waals surface area (Å²) in [7, 11) is 1.87. The second-order valence-electron chi connectivity index (χ2n) is 4.38. The average Bonchev–Trinajstić information content (AvgIpc) is 2.38. The first kappa shape index (κ1) is 14.7. The molecule has 0 aliphatic heterocycles. The molecule has 0 spiro atoms. The van der Waals surface area contributed by atoms with Crippen molar-refractivity contribution in [2.45, 2.75) is 33.1 Å². The highest BCUT2D eigenvalue weighted by atomic mass is 16.5. The quantitative estimate of drug-likeness (QED) is 0.696. The molecule has 1 aromatic rings. The summed E-state index contributed by atoms with van der Waals surface area (Å²) >= 11 is 0. The predicted octanol–water partition coefficient (Wildman–Crippen LogP) is 2.48. The van der Waals surface area contributed by atoms with Crippen LogP contribution in [0.3, 0.4) is 0 Å². The first-order chi connectivity index (χ1) is 8.67. The fourth-order valence-corrected chi connectivity index (χ4v) is 1.48. The first-order valence-corrected chi connectivity index (χ1v) is 6.55. The fraction of sp³-hybridized carbons (Fsp3) is 0.692. The van der Waals surface area contributed by atoms with Crippen LogP contribution in [0.1, 0.15) is 38.9 Å². The van der Waals surface area contributed by atoms with E-state index in [4.69, 9.17) is 4.74 Å². The van der Waals surface area contributed by atoms with Gasteiger partial charge in [0.2, 0.25) is 0 Å². The third kappa shape index (κ3) is 4.87. The molecule has 0 saturated carbocycles. The number of anilines is 2. The molecule has 102 valence electrons. The van der Waals surface area contributed by atoms with E-state index < -0.39 is 0 Å². The molecule has 1 rings (SSSR count). The summed E-state index contributed by atoms with van der Waals surface area (Å²) in [4.78, 5) is 8.92. The molecule has 18 heavy (non-hydrogen) atoms. The molecule has 0 aliphatic rings. The SMILES string of the molecule is CCOCCCNc1cc(NC)nc(C(C)C)n1. The van der Waals surface area contributed by atoms with Crippen molar-refractivity contribution in [1.29, 1.82) is 0 Å². The van der Waals surface area contributed by atoms with Crippen molar-refractivity contribution in [2.24, 2.45) is 0 Å². The maximum Gasteiger partial charge on any atom is 0.135 e. The molecule has 0 bridgehead atoms. The van der Waals surface area contributed by atoms with E-state index in [2.05, 4.69) is 34.4 Å². The van der Waals surface area contributed by atoms with Crippen LogP contribution in [0.15, 0.2) is 6.07 Å². The Hall–Kier alpha value is -1.36. The zero-order valence-corrected chi connectivity index (χ0v) is 11.8. The average molecular weight is 252 g/mol. The minimum atomic E-state index is 0.322. The summed E-state index contributed by atoms with van der Waals surface area (Å²) in [5.74, 6) is 2.90. The highest BCUT2D eigenvalue weighted by Crippen LogP contribution is 2.16. The van der Waals surface area contributed by atoms with Crippen molar-refractivity contribution in [2.75, 3.05) is 37.4 Å². The van der Waals surface area contributed by atoms with E-state index in [1.807, 2.05) is 20.0 Å². The maximum absolute atomic E-state index is 5.29. The Kier molecular flexibility index (Phi) is 6.43. The third-order valence-corrected chi connectivity index (χ3v) is 2.49. The largest absolute Gasteiger partial charge is 0.382 e. The van der Waals surface area contributed by atoms with Crippen LogP contribution >= 0.6 is 0 Å². The molecule has 0 amide bonds. The summed E-state index contributed by atoms with van der Waals surface area (Å²) < 4.78 is 5.29. The van der Waals surface area contributed by atoms with Crippen molar-refractivity contribution < 1.29 is 4.74 Å². The van der Waals surface area contributed by atoms with Gasteiger partial charge in [0.15, 0.2) is 0 Å². The lowest BCUT2D eigenvalue weighted by atomic mass is 10.2. The van der Waals surface area contributed by atoms with Crippen LogP contribution in [0, 0.1) is 0 Å². The Bertz CT molecular complexity index is 355. The second-order valence-corrected chi connectivity index (χ2v) is 4.38. The van der Waals surface area contributed by atoms with Crippen molar-refractivity contribution in [3.05, 3.63) is 11.9 Å². The van der Waals surface area contributed by atoms with E-state index in [1.54, 1.807) is 0 Å². The van der Waals surface area contributed by atoms with Gasteiger partial charge >= 0.3 is 0 Å². The van der Waals surface area contributed by atoms with Crippen LogP contribution in [0.25, 0.3) is 0 Å². The molecule has 0 atom stereocenters. The van der Waals surface area contributed by atoms with Crippen molar-refractivity contribution in [3.8, 4) is 0 Å². The normalized spacial score (nSPS) is 10.7.